The van der Waals surface area contributed by atoms with E-state index in [1.54, 1.807) is 5.57 Å². The lowest BCUT2D eigenvalue weighted by Gasteiger charge is -2.70. The molecule has 0 spiro atoms. The van der Waals surface area contributed by atoms with Gasteiger partial charge in [-0.2, -0.15) is 0 Å². The van der Waals surface area contributed by atoms with Gasteiger partial charge in [-0.15, -0.1) is 0 Å². The topological polar surface area (TPSA) is 43.4 Å². The fourth-order valence-corrected chi connectivity index (χ4v) is 11.5. The molecule has 0 saturated heterocycles. The molecule has 0 amide bonds. The lowest BCUT2D eigenvalue weighted by molar-refractivity contribution is -0.193. The number of ether oxygens (including phenoxy) is 1. The van der Waals surface area contributed by atoms with Crippen LogP contribution < -0.4 is 0 Å². The number of carbonyl (C=O) groups is 2. The zero-order valence-electron chi connectivity index (χ0n) is 26.1. The van der Waals surface area contributed by atoms with Crippen molar-refractivity contribution in [2.45, 2.75) is 113 Å². The Balaban J connectivity index is 1.38. The minimum absolute atomic E-state index is 0.0403. The molecule has 5 aliphatic rings. The molecular weight excluding hydrogens is 492 g/mol. The molecule has 0 N–H and O–H groups in total. The first kappa shape index (κ1) is 28.2. The van der Waals surface area contributed by atoms with E-state index >= 15 is 0 Å². The van der Waals surface area contributed by atoms with E-state index in [-0.39, 0.29) is 33.5 Å². The second kappa shape index (κ2) is 9.30. The van der Waals surface area contributed by atoms with Gasteiger partial charge in [0.05, 0.1) is 5.41 Å². The predicted molar refractivity (Wildman–Crippen MR) is 160 cm³/mol. The monoisotopic (exact) mass is 544 g/mol. The van der Waals surface area contributed by atoms with Crippen LogP contribution in [0.1, 0.15) is 112 Å². The van der Waals surface area contributed by atoms with Crippen molar-refractivity contribution in [3.8, 4) is 0 Å². The van der Waals surface area contributed by atoms with Crippen LogP contribution in [0, 0.1) is 56.7 Å². The smallest absolute Gasteiger partial charge is 0.313 e. The number of Topliss-reactive ketones (excluding diaryl/α,β-unsaturated/α-hetero) is 1. The van der Waals surface area contributed by atoms with Gasteiger partial charge in [0.25, 0.3) is 0 Å². The third-order valence-electron chi connectivity index (χ3n) is 14.4. The maximum atomic E-state index is 14.2. The summed E-state index contributed by atoms with van der Waals surface area (Å²) < 4.78 is 6.18. The number of ketones is 1. The Bertz CT molecular complexity index is 1210. The van der Waals surface area contributed by atoms with E-state index in [4.69, 9.17) is 4.74 Å². The van der Waals surface area contributed by atoms with Gasteiger partial charge < -0.3 is 4.74 Å². The Morgan fingerprint density at radius 2 is 1.62 bits per heavy atom. The first-order valence-electron chi connectivity index (χ1n) is 16.3. The van der Waals surface area contributed by atoms with E-state index in [1.807, 2.05) is 30.3 Å². The summed E-state index contributed by atoms with van der Waals surface area (Å²) in [6.45, 7) is 17.4. The molecule has 5 unspecified atom stereocenters. The summed E-state index contributed by atoms with van der Waals surface area (Å²) >= 11 is 0. The minimum atomic E-state index is -0.407. The average molecular weight is 545 g/mol. The number of hydrogen-bond acceptors (Lipinski definition) is 3. The van der Waals surface area contributed by atoms with Gasteiger partial charge in [0.2, 0.25) is 0 Å². The molecule has 3 nitrogen and oxygen atoms in total. The van der Waals surface area contributed by atoms with Crippen LogP contribution in [-0.4, -0.2) is 11.8 Å². The normalized spacial score (nSPS) is 45.7. The average Bonchev–Trinajstić information content (AvgIpc) is 2.92. The molecule has 4 saturated carbocycles. The highest BCUT2D eigenvalue weighted by atomic mass is 16.5. The van der Waals surface area contributed by atoms with Gasteiger partial charge in [-0.25, -0.2) is 0 Å². The van der Waals surface area contributed by atoms with Crippen LogP contribution >= 0.6 is 0 Å². The quantitative estimate of drug-likeness (QED) is 0.282. The van der Waals surface area contributed by atoms with Crippen LogP contribution in [-0.2, 0) is 20.9 Å². The second-order valence-electron chi connectivity index (χ2n) is 16.0. The summed E-state index contributed by atoms with van der Waals surface area (Å²) in [5, 5.41) is 0. The van der Waals surface area contributed by atoms with E-state index in [9.17, 15) is 9.59 Å². The first-order chi connectivity index (χ1) is 18.8. The van der Waals surface area contributed by atoms with E-state index in [1.165, 1.54) is 6.42 Å². The number of fused-ring (bicyclic) bond motifs is 7. The number of esters is 1. The SMILES string of the molecule is CC1CC[C@]2(C(=O)OCc3ccccc3)CC[C@]3(C)C(=CCC4[C@@]5(C)CCC(=O)C(C)(C)C5CC[C@]43C)C2C1C. The van der Waals surface area contributed by atoms with Crippen LogP contribution in [0.15, 0.2) is 42.0 Å². The van der Waals surface area contributed by atoms with E-state index in [0.29, 0.717) is 36.1 Å². The Morgan fingerprint density at radius 3 is 2.35 bits per heavy atom. The highest BCUT2D eigenvalue weighted by Crippen LogP contribution is 2.75. The van der Waals surface area contributed by atoms with Crippen LogP contribution in [0.4, 0.5) is 0 Å². The molecule has 9 atom stereocenters. The largest absolute Gasteiger partial charge is 0.460 e. The van der Waals surface area contributed by atoms with Crippen LogP contribution in [0.3, 0.4) is 0 Å². The standard InChI is InChI=1S/C37H52O3/c1-24-15-20-37(32(39)40-23-26-11-9-8-10-12-26)22-21-35(6)27(31(37)25(24)2)13-14-29-34(5)18-17-30(38)33(3,4)28(34)16-19-36(29,35)7/h8-13,24-25,28-29,31H,14-23H2,1-7H3/t24?,25?,28?,29?,31?,34-,35+,36+,37-/m0/s1. The molecular formula is C37H52O3. The fraction of sp³-hybridized carbons (Fsp3) is 0.730. The van der Waals surface area contributed by atoms with Gasteiger partial charge >= 0.3 is 5.97 Å². The summed E-state index contributed by atoms with van der Waals surface area (Å²) in [4.78, 5) is 27.2. The molecule has 1 aromatic carbocycles. The number of rotatable bonds is 3. The molecule has 4 fully saturated rings. The molecule has 3 heteroatoms. The van der Waals surface area contributed by atoms with Gasteiger partial charge in [-0.1, -0.05) is 90.4 Å². The van der Waals surface area contributed by atoms with Crippen molar-refractivity contribution in [2.24, 2.45) is 56.7 Å². The van der Waals surface area contributed by atoms with E-state index in [0.717, 1.165) is 56.9 Å². The Morgan fingerprint density at radius 1 is 0.900 bits per heavy atom. The van der Waals surface area contributed by atoms with Crippen LogP contribution in [0.25, 0.3) is 0 Å². The van der Waals surface area contributed by atoms with Crippen molar-refractivity contribution in [3.63, 3.8) is 0 Å². The summed E-state index contributed by atoms with van der Waals surface area (Å²) in [6, 6.07) is 10.1. The molecule has 0 aliphatic heterocycles. The number of allylic oxidation sites excluding steroid dienone is 2. The first-order valence-corrected chi connectivity index (χ1v) is 16.3. The summed E-state index contributed by atoms with van der Waals surface area (Å²) in [5.41, 5.74) is 2.46. The van der Waals surface area contributed by atoms with Gasteiger partial charge in [0.1, 0.15) is 12.4 Å². The molecule has 0 bridgehead atoms. The van der Waals surface area contributed by atoms with Crippen LogP contribution in [0.5, 0.6) is 0 Å². The Labute approximate surface area is 242 Å². The zero-order valence-corrected chi connectivity index (χ0v) is 26.1. The second-order valence-corrected chi connectivity index (χ2v) is 16.0. The summed E-state index contributed by atoms with van der Waals surface area (Å²) in [7, 11) is 0. The van der Waals surface area contributed by atoms with Gasteiger partial charge in [0, 0.05) is 11.8 Å². The molecule has 0 radical (unpaired) electrons. The number of hydrogen-bond donors (Lipinski definition) is 0. The predicted octanol–water partition coefficient (Wildman–Crippen LogP) is 8.96. The van der Waals surface area contributed by atoms with E-state index in [2.05, 4.69) is 54.5 Å². The number of carbonyl (C=O) groups excluding carboxylic acids is 2. The molecule has 40 heavy (non-hydrogen) atoms. The number of benzene rings is 1. The van der Waals surface area contributed by atoms with Gasteiger partial charge in [-0.3, -0.25) is 9.59 Å². The lowest BCUT2D eigenvalue weighted by atomic mass is 9.33. The minimum Gasteiger partial charge on any atom is -0.460 e. The molecule has 0 aromatic heterocycles. The lowest BCUT2D eigenvalue weighted by Crippen LogP contribution is -2.65. The summed E-state index contributed by atoms with van der Waals surface area (Å²) in [5.74, 6) is 2.87. The van der Waals surface area contributed by atoms with Crippen molar-refractivity contribution in [1.82, 2.24) is 0 Å². The van der Waals surface area contributed by atoms with Gasteiger partial charge in [0.15, 0.2) is 0 Å². The highest BCUT2D eigenvalue weighted by Gasteiger charge is 2.69. The molecule has 1 aromatic rings. The molecule has 218 valence electrons. The van der Waals surface area contributed by atoms with Crippen molar-refractivity contribution < 1.29 is 14.3 Å². The van der Waals surface area contributed by atoms with Crippen molar-refractivity contribution in [1.29, 1.82) is 0 Å². The Hall–Kier alpha value is -1.90. The van der Waals surface area contributed by atoms with E-state index < -0.39 is 5.41 Å². The maximum absolute atomic E-state index is 14.2. The van der Waals surface area contributed by atoms with Gasteiger partial charge in [-0.05, 0) is 103 Å². The molecule has 5 aliphatic carbocycles. The van der Waals surface area contributed by atoms with Crippen molar-refractivity contribution in [3.05, 3.63) is 47.5 Å². The van der Waals surface area contributed by atoms with Crippen LogP contribution in [0.2, 0.25) is 0 Å². The zero-order chi connectivity index (χ0) is 28.7. The van der Waals surface area contributed by atoms with Crippen molar-refractivity contribution in [2.75, 3.05) is 0 Å². The third-order valence-corrected chi connectivity index (χ3v) is 14.4. The summed E-state index contributed by atoms with van der Waals surface area (Å²) in [6.07, 6.45) is 11.9. The Kier molecular flexibility index (Phi) is 6.56. The third kappa shape index (κ3) is 3.67. The highest BCUT2D eigenvalue weighted by molar-refractivity contribution is 5.85. The molecule has 6 rings (SSSR count). The fourth-order valence-electron chi connectivity index (χ4n) is 11.5. The molecule has 0 heterocycles. The maximum Gasteiger partial charge on any atom is 0.313 e. The van der Waals surface area contributed by atoms with Crippen molar-refractivity contribution >= 4 is 11.8 Å².